The Morgan fingerprint density at radius 2 is 1.93 bits per heavy atom. The van der Waals surface area contributed by atoms with E-state index < -0.39 is 10.0 Å². The number of sulfonamides is 1. The average Bonchev–Trinajstić information content (AvgIpc) is 3.24. The number of nitrogens with one attached hydrogen (secondary N) is 3. The quantitative estimate of drug-likeness (QED) is 0.563. The summed E-state index contributed by atoms with van der Waals surface area (Å²) in [6.07, 6.45) is 0.234. The van der Waals surface area contributed by atoms with Gasteiger partial charge in [-0.05, 0) is 43.0 Å². The molecular formula is C18H20N4O3S2. The molecule has 0 saturated carbocycles. The number of hydrogen-bond acceptors (Lipinski definition) is 5. The molecule has 0 unspecified atom stereocenters. The molecule has 142 valence electrons. The van der Waals surface area contributed by atoms with Gasteiger partial charge in [-0.25, -0.2) is 8.42 Å². The number of aryl methyl sites for hydroxylation is 2. The van der Waals surface area contributed by atoms with Crippen molar-refractivity contribution in [2.75, 3.05) is 4.72 Å². The molecule has 27 heavy (non-hydrogen) atoms. The average molecular weight is 405 g/mol. The van der Waals surface area contributed by atoms with Gasteiger partial charge >= 0.3 is 0 Å². The lowest BCUT2D eigenvalue weighted by atomic mass is 10.1. The fraction of sp³-hybridized carbons (Fsp3) is 0.222. The van der Waals surface area contributed by atoms with Gasteiger partial charge in [-0.2, -0.15) is 5.10 Å². The molecule has 3 aromatic rings. The van der Waals surface area contributed by atoms with Crippen molar-refractivity contribution in [3.63, 3.8) is 0 Å². The Kier molecular flexibility index (Phi) is 5.62. The van der Waals surface area contributed by atoms with Crippen molar-refractivity contribution in [2.45, 2.75) is 31.7 Å². The van der Waals surface area contributed by atoms with Crippen molar-refractivity contribution in [1.82, 2.24) is 15.5 Å². The predicted octanol–water partition coefficient (Wildman–Crippen LogP) is 2.75. The van der Waals surface area contributed by atoms with Crippen molar-refractivity contribution in [3.05, 3.63) is 63.6 Å². The second-order valence-electron chi connectivity index (χ2n) is 6.10. The van der Waals surface area contributed by atoms with E-state index >= 15 is 0 Å². The number of benzene rings is 1. The highest BCUT2D eigenvalue weighted by Gasteiger charge is 2.22. The lowest BCUT2D eigenvalue weighted by molar-refractivity contribution is -0.120. The van der Waals surface area contributed by atoms with Crippen molar-refractivity contribution < 1.29 is 13.2 Å². The molecule has 7 nitrogen and oxygen atoms in total. The van der Waals surface area contributed by atoms with Gasteiger partial charge in [-0.3, -0.25) is 14.6 Å². The van der Waals surface area contributed by atoms with Gasteiger partial charge in [0.05, 0.1) is 24.4 Å². The first kappa shape index (κ1) is 19.1. The number of anilines is 1. The minimum Gasteiger partial charge on any atom is -0.351 e. The first-order chi connectivity index (χ1) is 12.8. The molecule has 0 aliphatic carbocycles. The van der Waals surface area contributed by atoms with E-state index in [0.29, 0.717) is 23.6 Å². The largest absolute Gasteiger partial charge is 0.351 e. The van der Waals surface area contributed by atoms with Crippen LogP contribution in [-0.2, 0) is 27.8 Å². The van der Waals surface area contributed by atoms with Gasteiger partial charge in [0.1, 0.15) is 4.90 Å². The van der Waals surface area contributed by atoms with E-state index in [4.69, 9.17) is 0 Å². The Labute approximate surface area is 161 Å². The topological polar surface area (TPSA) is 104 Å². The lowest BCUT2D eigenvalue weighted by Gasteiger charge is -2.09. The van der Waals surface area contributed by atoms with E-state index in [1.165, 1.54) is 0 Å². The monoisotopic (exact) mass is 404 g/mol. The highest BCUT2D eigenvalue weighted by atomic mass is 32.2. The normalized spacial score (nSPS) is 11.3. The Morgan fingerprint density at radius 1 is 1.19 bits per heavy atom. The lowest BCUT2D eigenvalue weighted by Crippen LogP contribution is -2.24. The minimum absolute atomic E-state index is 0.0821. The molecule has 0 spiro atoms. The second kappa shape index (κ2) is 7.93. The Hall–Kier alpha value is -2.65. The number of carbonyl (C=O) groups is 1. The molecule has 3 rings (SSSR count). The van der Waals surface area contributed by atoms with E-state index in [1.54, 1.807) is 49.4 Å². The maximum absolute atomic E-state index is 12.5. The van der Waals surface area contributed by atoms with Crippen LogP contribution in [-0.4, -0.2) is 24.5 Å². The maximum Gasteiger partial charge on any atom is 0.265 e. The number of carbonyl (C=O) groups excluding carboxylic acids is 1. The summed E-state index contributed by atoms with van der Waals surface area (Å²) >= 11 is 1.59. The van der Waals surface area contributed by atoms with Gasteiger partial charge in [0.15, 0.2) is 0 Å². The predicted molar refractivity (Wildman–Crippen MR) is 105 cm³/mol. The molecule has 0 aliphatic rings. The third-order valence-corrected chi connectivity index (χ3v) is 6.46. The fourth-order valence-electron chi connectivity index (χ4n) is 2.68. The Bertz CT molecular complexity index is 1000. The zero-order valence-electron chi connectivity index (χ0n) is 14.9. The van der Waals surface area contributed by atoms with Crippen LogP contribution in [0, 0.1) is 13.8 Å². The fourth-order valence-corrected chi connectivity index (χ4v) is 4.76. The third-order valence-electron chi connectivity index (χ3n) is 3.94. The summed E-state index contributed by atoms with van der Waals surface area (Å²) in [6, 6.07) is 10.7. The molecule has 0 radical (unpaired) electrons. The standard InChI is InChI=1S/C18H20N4O3S2/c1-12-18(13(2)21-20-12)27(24,25)22-15-7-5-14(6-8-15)10-17(23)19-11-16-4-3-9-26-16/h3-9,22H,10-11H2,1-2H3,(H,19,23)(H,20,21). The van der Waals surface area contributed by atoms with E-state index in [2.05, 4.69) is 20.2 Å². The Balaban J connectivity index is 1.61. The van der Waals surface area contributed by atoms with Crippen molar-refractivity contribution in [3.8, 4) is 0 Å². The van der Waals surface area contributed by atoms with Crippen LogP contribution in [0.3, 0.4) is 0 Å². The van der Waals surface area contributed by atoms with Crippen molar-refractivity contribution in [1.29, 1.82) is 0 Å². The summed E-state index contributed by atoms with van der Waals surface area (Å²) in [4.78, 5) is 13.3. The maximum atomic E-state index is 12.5. The zero-order valence-corrected chi connectivity index (χ0v) is 16.6. The first-order valence-corrected chi connectivity index (χ1v) is 10.6. The first-order valence-electron chi connectivity index (χ1n) is 8.27. The molecule has 0 bridgehead atoms. The molecular weight excluding hydrogens is 384 g/mol. The van der Waals surface area contributed by atoms with E-state index in [0.717, 1.165) is 10.4 Å². The van der Waals surface area contributed by atoms with Crippen LogP contribution in [0.2, 0.25) is 0 Å². The summed E-state index contributed by atoms with van der Waals surface area (Å²) in [5.41, 5.74) is 2.13. The van der Waals surface area contributed by atoms with Crippen LogP contribution < -0.4 is 10.0 Å². The molecule has 0 saturated heterocycles. The highest BCUT2D eigenvalue weighted by Crippen LogP contribution is 2.21. The number of nitrogens with zero attached hydrogens (tertiary/aromatic N) is 1. The molecule has 1 amide bonds. The van der Waals surface area contributed by atoms with Crippen LogP contribution in [0.4, 0.5) is 5.69 Å². The van der Waals surface area contributed by atoms with Gasteiger partial charge in [0.25, 0.3) is 10.0 Å². The van der Waals surface area contributed by atoms with Gasteiger partial charge < -0.3 is 5.32 Å². The number of H-pyrrole nitrogens is 1. The third kappa shape index (κ3) is 4.75. The van der Waals surface area contributed by atoms with Gasteiger partial charge in [-0.15, -0.1) is 11.3 Å². The summed E-state index contributed by atoms with van der Waals surface area (Å²) in [7, 11) is -3.72. The summed E-state index contributed by atoms with van der Waals surface area (Å²) in [5, 5.41) is 11.4. The molecule has 0 aliphatic heterocycles. The summed E-state index contributed by atoms with van der Waals surface area (Å²) in [6.45, 7) is 3.81. The zero-order chi connectivity index (χ0) is 19.4. The number of aromatic amines is 1. The smallest absolute Gasteiger partial charge is 0.265 e. The molecule has 1 aromatic carbocycles. The molecule has 2 heterocycles. The molecule has 0 atom stereocenters. The minimum atomic E-state index is -3.72. The highest BCUT2D eigenvalue weighted by molar-refractivity contribution is 7.92. The molecule has 0 fully saturated rings. The van der Waals surface area contributed by atoms with Crippen LogP contribution in [0.15, 0.2) is 46.7 Å². The number of hydrogen-bond donors (Lipinski definition) is 3. The second-order valence-corrected chi connectivity index (χ2v) is 8.75. The molecule has 2 aromatic heterocycles. The summed E-state index contributed by atoms with van der Waals surface area (Å²) in [5.74, 6) is -0.0821. The molecule has 9 heteroatoms. The van der Waals surface area contributed by atoms with Crippen LogP contribution in [0.5, 0.6) is 0 Å². The number of rotatable bonds is 7. The summed E-state index contributed by atoms with van der Waals surface area (Å²) < 4.78 is 27.6. The number of amides is 1. The van der Waals surface area contributed by atoms with Crippen molar-refractivity contribution in [2.24, 2.45) is 0 Å². The van der Waals surface area contributed by atoms with Crippen LogP contribution in [0.1, 0.15) is 21.8 Å². The number of aromatic nitrogens is 2. The van der Waals surface area contributed by atoms with Crippen LogP contribution >= 0.6 is 11.3 Å². The van der Waals surface area contributed by atoms with E-state index in [1.807, 2.05) is 17.5 Å². The van der Waals surface area contributed by atoms with Gasteiger partial charge in [0, 0.05) is 10.6 Å². The van der Waals surface area contributed by atoms with Gasteiger partial charge in [-0.1, -0.05) is 18.2 Å². The number of thiophene rings is 1. The SMILES string of the molecule is Cc1n[nH]c(C)c1S(=O)(=O)Nc1ccc(CC(=O)NCc2cccs2)cc1. The molecule has 3 N–H and O–H groups in total. The van der Waals surface area contributed by atoms with E-state index in [9.17, 15) is 13.2 Å². The van der Waals surface area contributed by atoms with Crippen molar-refractivity contribution >= 4 is 33.0 Å². The van der Waals surface area contributed by atoms with E-state index in [-0.39, 0.29) is 17.2 Å². The van der Waals surface area contributed by atoms with Gasteiger partial charge in [0.2, 0.25) is 5.91 Å². The van der Waals surface area contributed by atoms with Crippen LogP contribution in [0.25, 0.3) is 0 Å². The Morgan fingerprint density at radius 3 is 2.52 bits per heavy atom.